The normalized spacial score (nSPS) is 16.2. The zero-order valence-corrected chi connectivity index (χ0v) is 16.2. The third-order valence-corrected chi connectivity index (χ3v) is 5.92. The minimum absolute atomic E-state index is 0.00122. The van der Waals surface area contributed by atoms with Gasteiger partial charge in [-0.25, -0.2) is 8.91 Å². The highest BCUT2D eigenvalue weighted by Gasteiger charge is 2.25. The topological polar surface area (TPSA) is 68.6 Å². The van der Waals surface area contributed by atoms with E-state index in [2.05, 4.69) is 15.2 Å². The van der Waals surface area contributed by atoms with Crippen molar-refractivity contribution in [2.75, 3.05) is 19.6 Å². The highest BCUT2D eigenvalue weighted by Crippen LogP contribution is 2.32. The molecule has 150 valence electrons. The van der Waals surface area contributed by atoms with E-state index in [9.17, 15) is 9.18 Å². The van der Waals surface area contributed by atoms with E-state index in [1.165, 1.54) is 12.1 Å². The number of piperidine rings is 1. The number of aryl methyl sites for hydroxylation is 1. The average Bonchev–Trinajstić information content (AvgIpc) is 3.31. The van der Waals surface area contributed by atoms with Crippen LogP contribution < -0.4 is 5.56 Å². The van der Waals surface area contributed by atoms with Crippen molar-refractivity contribution < 1.29 is 8.91 Å². The van der Waals surface area contributed by atoms with Gasteiger partial charge in [0.15, 0.2) is 5.58 Å². The lowest BCUT2D eigenvalue weighted by atomic mass is 9.91. The van der Waals surface area contributed by atoms with Crippen LogP contribution in [0.3, 0.4) is 0 Å². The first kappa shape index (κ1) is 18.1. The third-order valence-electron chi connectivity index (χ3n) is 5.92. The van der Waals surface area contributed by atoms with Gasteiger partial charge >= 0.3 is 0 Å². The molecular formula is C21H22FN5O2. The Hall–Kier alpha value is -3.00. The average molecular weight is 395 g/mol. The van der Waals surface area contributed by atoms with E-state index in [0.29, 0.717) is 23.6 Å². The Kier molecular flexibility index (Phi) is 4.43. The van der Waals surface area contributed by atoms with Gasteiger partial charge < -0.3 is 14.0 Å². The number of nitrogens with zero attached hydrogens (tertiary/aromatic N) is 5. The SMILES string of the molecule is Cc1cnn2ccn(CCN3CCC(c4noc5cc(F)ccc45)CC3)c(=O)c12. The van der Waals surface area contributed by atoms with Crippen LogP contribution in [0.2, 0.25) is 0 Å². The van der Waals surface area contributed by atoms with Gasteiger partial charge in [-0.3, -0.25) is 4.79 Å². The van der Waals surface area contributed by atoms with Crippen molar-refractivity contribution in [1.29, 1.82) is 0 Å². The molecule has 4 heterocycles. The zero-order chi connectivity index (χ0) is 20.0. The zero-order valence-electron chi connectivity index (χ0n) is 16.2. The Bertz CT molecular complexity index is 1230. The summed E-state index contributed by atoms with van der Waals surface area (Å²) < 4.78 is 22.1. The molecule has 1 aliphatic heterocycles. The fraction of sp³-hybridized carbons (Fsp3) is 0.381. The number of aromatic nitrogens is 4. The number of hydrogen-bond acceptors (Lipinski definition) is 5. The summed E-state index contributed by atoms with van der Waals surface area (Å²) in [6.07, 6.45) is 7.28. The summed E-state index contributed by atoms with van der Waals surface area (Å²) in [7, 11) is 0. The second kappa shape index (κ2) is 7.11. The van der Waals surface area contributed by atoms with Gasteiger partial charge in [0.25, 0.3) is 5.56 Å². The number of likely N-dealkylation sites (tertiary alicyclic amines) is 1. The number of halogens is 1. The third kappa shape index (κ3) is 3.23. The molecule has 29 heavy (non-hydrogen) atoms. The maximum Gasteiger partial charge on any atom is 0.276 e. The van der Waals surface area contributed by atoms with Crippen molar-refractivity contribution in [1.82, 2.24) is 24.2 Å². The van der Waals surface area contributed by atoms with Crippen LogP contribution in [0, 0.1) is 12.7 Å². The van der Waals surface area contributed by atoms with Crippen LogP contribution >= 0.6 is 0 Å². The Labute approximate surface area is 166 Å². The molecule has 4 aromatic rings. The van der Waals surface area contributed by atoms with E-state index in [4.69, 9.17) is 4.52 Å². The number of rotatable bonds is 4. The van der Waals surface area contributed by atoms with E-state index in [1.807, 2.05) is 13.1 Å². The number of hydrogen-bond donors (Lipinski definition) is 0. The van der Waals surface area contributed by atoms with Gasteiger partial charge in [-0.05, 0) is 45.0 Å². The van der Waals surface area contributed by atoms with E-state index >= 15 is 0 Å². The molecule has 0 amide bonds. The smallest absolute Gasteiger partial charge is 0.276 e. The second-order valence-corrected chi connectivity index (χ2v) is 7.74. The summed E-state index contributed by atoms with van der Waals surface area (Å²) in [6.45, 7) is 5.24. The predicted octanol–water partition coefficient (Wildman–Crippen LogP) is 2.96. The summed E-state index contributed by atoms with van der Waals surface area (Å²) in [6, 6.07) is 4.59. The molecule has 1 aromatic carbocycles. The molecule has 1 fully saturated rings. The lowest BCUT2D eigenvalue weighted by Crippen LogP contribution is -2.37. The molecule has 0 saturated carbocycles. The van der Waals surface area contributed by atoms with Gasteiger partial charge in [0.2, 0.25) is 0 Å². The molecule has 0 bridgehead atoms. The van der Waals surface area contributed by atoms with E-state index in [0.717, 1.165) is 49.1 Å². The van der Waals surface area contributed by atoms with Crippen molar-refractivity contribution in [2.24, 2.45) is 0 Å². The number of benzene rings is 1. The fourth-order valence-corrected chi connectivity index (χ4v) is 4.26. The molecule has 8 heteroatoms. The first-order chi connectivity index (χ1) is 14.1. The number of fused-ring (bicyclic) bond motifs is 2. The van der Waals surface area contributed by atoms with E-state index in [1.54, 1.807) is 27.5 Å². The molecule has 5 rings (SSSR count). The Balaban J connectivity index is 1.24. The maximum atomic E-state index is 13.4. The quantitative estimate of drug-likeness (QED) is 0.531. The van der Waals surface area contributed by atoms with Crippen molar-refractivity contribution in [3.8, 4) is 0 Å². The first-order valence-electron chi connectivity index (χ1n) is 9.91. The molecular weight excluding hydrogens is 373 g/mol. The summed E-state index contributed by atoms with van der Waals surface area (Å²) in [4.78, 5) is 15.1. The van der Waals surface area contributed by atoms with Gasteiger partial charge in [0, 0.05) is 48.4 Å². The molecule has 7 nitrogen and oxygen atoms in total. The summed E-state index contributed by atoms with van der Waals surface area (Å²) in [5.74, 6) is 0.000972. The van der Waals surface area contributed by atoms with Crippen LogP contribution in [0.4, 0.5) is 4.39 Å². The monoisotopic (exact) mass is 395 g/mol. The standard InChI is InChI=1S/C21H22FN5O2/c1-14-13-23-27-11-10-26(21(28)20(14)27)9-8-25-6-4-15(5-7-25)19-17-3-2-16(22)12-18(17)29-24-19/h2-3,10-13,15H,4-9H2,1H3. The van der Waals surface area contributed by atoms with E-state index < -0.39 is 0 Å². The molecule has 0 aliphatic carbocycles. The summed E-state index contributed by atoms with van der Waals surface area (Å²) in [5.41, 5.74) is 2.97. The van der Waals surface area contributed by atoms with Crippen LogP contribution in [0.5, 0.6) is 0 Å². The molecule has 0 atom stereocenters. The second-order valence-electron chi connectivity index (χ2n) is 7.74. The van der Waals surface area contributed by atoms with Crippen molar-refractivity contribution in [3.63, 3.8) is 0 Å². The predicted molar refractivity (Wildman–Crippen MR) is 107 cm³/mol. The minimum Gasteiger partial charge on any atom is -0.356 e. The minimum atomic E-state index is -0.311. The first-order valence-corrected chi connectivity index (χ1v) is 9.91. The highest BCUT2D eigenvalue weighted by molar-refractivity contribution is 5.79. The largest absolute Gasteiger partial charge is 0.356 e. The Morgan fingerprint density at radius 2 is 2.03 bits per heavy atom. The van der Waals surface area contributed by atoms with Crippen molar-refractivity contribution in [3.05, 3.63) is 64.2 Å². The fourth-order valence-electron chi connectivity index (χ4n) is 4.26. The van der Waals surface area contributed by atoms with Gasteiger partial charge in [-0.1, -0.05) is 5.16 Å². The van der Waals surface area contributed by atoms with E-state index in [-0.39, 0.29) is 11.4 Å². The molecule has 0 N–H and O–H groups in total. The lowest BCUT2D eigenvalue weighted by Gasteiger charge is -2.31. The van der Waals surface area contributed by atoms with Crippen LogP contribution in [0.1, 0.15) is 30.0 Å². The molecule has 0 spiro atoms. The van der Waals surface area contributed by atoms with Gasteiger partial charge in [-0.2, -0.15) is 5.10 Å². The summed E-state index contributed by atoms with van der Waals surface area (Å²) >= 11 is 0. The molecule has 0 radical (unpaired) electrons. The van der Waals surface area contributed by atoms with Gasteiger partial charge in [-0.15, -0.1) is 0 Å². The Morgan fingerprint density at radius 3 is 2.86 bits per heavy atom. The summed E-state index contributed by atoms with van der Waals surface area (Å²) in [5, 5.41) is 9.30. The van der Waals surface area contributed by atoms with Crippen molar-refractivity contribution >= 4 is 16.5 Å². The molecule has 1 aliphatic rings. The van der Waals surface area contributed by atoms with Gasteiger partial charge in [0.05, 0.1) is 11.9 Å². The van der Waals surface area contributed by atoms with Crippen LogP contribution in [0.15, 0.2) is 46.1 Å². The molecule has 0 unspecified atom stereocenters. The van der Waals surface area contributed by atoms with Crippen LogP contribution in [-0.4, -0.2) is 43.9 Å². The van der Waals surface area contributed by atoms with Crippen LogP contribution in [-0.2, 0) is 6.54 Å². The lowest BCUT2D eigenvalue weighted by molar-refractivity contribution is 0.202. The highest BCUT2D eigenvalue weighted by atomic mass is 19.1. The maximum absolute atomic E-state index is 13.4. The molecule has 1 saturated heterocycles. The van der Waals surface area contributed by atoms with Crippen molar-refractivity contribution in [2.45, 2.75) is 32.2 Å². The van der Waals surface area contributed by atoms with Crippen LogP contribution in [0.25, 0.3) is 16.5 Å². The van der Waals surface area contributed by atoms with Gasteiger partial charge in [0.1, 0.15) is 11.3 Å². The Morgan fingerprint density at radius 1 is 1.21 bits per heavy atom. The molecule has 3 aromatic heterocycles.